The van der Waals surface area contributed by atoms with E-state index in [1.165, 1.54) is 5.56 Å². The Morgan fingerprint density at radius 2 is 2.08 bits per heavy atom. The molecule has 1 N–H and O–H groups in total. The number of fused-ring (bicyclic) bond motifs is 3. The van der Waals surface area contributed by atoms with E-state index in [-0.39, 0.29) is 0 Å². The van der Waals surface area contributed by atoms with E-state index >= 15 is 0 Å². The molecule has 2 aromatic heterocycles. The van der Waals surface area contributed by atoms with E-state index in [1.54, 1.807) is 11.8 Å². The molecule has 0 atom stereocenters. The van der Waals surface area contributed by atoms with Gasteiger partial charge in [-0.15, -0.1) is 10.2 Å². The first-order valence-corrected chi connectivity index (χ1v) is 9.78. The summed E-state index contributed by atoms with van der Waals surface area (Å²) in [6.45, 7) is 9.12. The molecule has 1 aliphatic heterocycles. The van der Waals surface area contributed by atoms with Crippen LogP contribution in [0, 0.1) is 0 Å². The van der Waals surface area contributed by atoms with Crippen molar-refractivity contribution in [2.45, 2.75) is 24.9 Å². The summed E-state index contributed by atoms with van der Waals surface area (Å²) in [5, 5.41) is 10.6. The van der Waals surface area contributed by atoms with Crippen molar-refractivity contribution in [3.63, 3.8) is 0 Å². The minimum atomic E-state index is 0.491. The van der Waals surface area contributed by atoms with Gasteiger partial charge < -0.3 is 9.72 Å². The summed E-state index contributed by atoms with van der Waals surface area (Å²) >= 11 is 1.66. The van der Waals surface area contributed by atoms with Crippen LogP contribution in [0.25, 0.3) is 22.1 Å². The van der Waals surface area contributed by atoms with E-state index in [2.05, 4.69) is 57.1 Å². The lowest BCUT2D eigenvalue weighted by molar-refractivity contribution is 0.0410. The lowest BCUT2D eigenvalue weighted by atomic mass is 10.0. The van der Waals surface area contributed by atoms with E-state index in [4.69, 9.17) is 4.74 Å². The summed E-state index contributed by atoms with van der Waals surface area (Å²) in [6, 6.07) is 6.47. The molecule has 0 amide bonds. The Hall–Kier alpha value is -1.70. The van der Waals surface area contributed by atoms with Crippen LogP contribution < -0.4 is 0 Å². The van der Waals surface area contributed by atoms with Crippen LogP contribution >= 0.6 is 11.8 Å². The molecule has 4 rings (SSSR count). The first-order chi connectivity index (χ1) is 12.2. The van der Waals surface area contributed by atoms with E-state index in [9.17, 15) is 0 Å². The molecule has 0 aliphatic carbocycles. The molecule has 0 bridgehead atoms. The van der Waals surface area contributed by atoms with Gasteiger partial charge in [-0.1, -0.05) is 31.7 Å². The van der Waals surface area contributed by atoms with Gasteiger partial charge in [-0.2, -0.15) is 0 Å². The summed E-state index contributed by atoms with van der Waals surface area (Å²) in [4.78, 5) is 10.4. The standard InChI is InChI=1S/C18H23N5OS/c1-12(2)13-3-4-15-14(11-13)16-17(19-15)20-18(22-21-16)25-10-7-23-5-8-24-9-6-23/h3-4,11-12H,5-10H2,1-2H3,(H,19,20,22). The first-order valence-electron chi connectivity index (χ1n) is 8.79. The number of nitrogens with zero attached hydrogens (tertiary/aromatic N) is 4. The number of hydrogen-bond acceptors (Lipinski definition) is 6. The van der Waals surface area contributed by atoms with Crippen molar-refractivity contribution in [1.82, 2.24) is 25.1 Å². The van der Waals surface area contributed by atoms with Gasteiger partial charge in [-0.05, 0) is 23.6 Å². The summed E-state index contributed by atoms with van der Waals surface area (Å²) in [5.74, 6) is 1.45. The van der Waals surface area contributed by atoms with Crippen LogP contribution in [0.1, 0.15) is 25.3 Å². The fraction of sp³-hybridized carbons (Fsp3) is 0.500. The Morgan fingerprint density at radius 1 is 1.24 bits per heavy atom. The maximum atomic E-state index is 5.38. The molecule has 0 radical (unpaired) electrons. The Labute approximate surface area is 151 Å². The fourth-order valence-corrected chi connectivity index (χ4v) is 3.87. The Balaban J connectivity index is 1.50. The molecule has 0 spiro atoms. The molecule has 7 heteroatoms. The smallest absolute Gasteiger partial charge is 0.211 e. The number of rotatable bonds is 5. The maximum Gasteiger partial charge on any atom is 0.211 e. The molecular formula is C18H23N5OS. The number of H-pyrrole nitrogens is 1. The van der Waals surface area contributed by atoms with Crippen molar-refractivity contribution in [3.8, 4) is 0 Å². The third-order valence-corrected chi connectivity index (χ3v) is 5.45. The van der Waals surface area contributed by atoms with Crippen molar-refractivity contribution in [1.29, 1.82) is 0 Å². The lowest BCUT2D eigenvalue weighted by Crippen LogP contribution is -2.37. The second-order valence-corrected chi connectivity index (χ2v) is 7.74. The van der Waals surface area contributed by atoms with Gasteiger partial charge >= 0.3 is 0 Å². The van der Waals surface area contributed by atoms with Crippen LogP contribution in [0.5, 0.6) is 0 Å². The number of aromatic nitrogens is 4. The van der Waals surface area contributed by atoms with Crippen molar-refractivity contribution >= 4 is 33.8 Å². The number of morpholine rings is 1. The number of thioether (sulfide) groups is 1. The Bertz CT molecular complexity index is 872. The van der Waals surface area contributed by atoms with Crippen LogP contribution in [-0.2, 0) is 4.74 Å². The minimum Gasteiger partial charge on any atom is -0.379 e. The molecule has 1 saturated heterocycles. The van der Waals surface area contributed by atoms with Crippen LogP contribution in [0.15, 0.2) is 23.4 Å². The van der Waals surface area contributed by atoms with E-state index in [0.717, 1.165) is 65.8 Å². The van der Waals surface area contributed by atoms with Crippen LogP contribution in [0.4, 0.5) is 0 Å². The zero-order valence-electron chi connectivity index (χ0n) is 14.7. The van der Waals surface area contributed by atoms with Gasteiger partial charge in [0.05, 0.1) is 13.2 Å². The highest BCUT2D eigenvalue weighted by molar-refractivity contribution is 7.99. The predicted octanol–water partition coefficient (Wildman–Crippen LogP) is 3.05. The second kappa shape index (κ2) is 7.27. The second-order valence-electron chi connectivity index (χ2n) is 6.68. The minimum absolute atomic E-state index is 0.491. The highest BCUT2D eigenvalue weighted by Gasteiger charge is 2.13. The molecule has 3 aromatic rings. The molecule has 3 heterocycles. The molecule has 1 aliphatic rings. The number of nitrogens with one attached hydrogen (secondary N) is 1. The third-order valence-electron chi connectivity index (χ3n) is 4.63. The van der Waals surface area contributed by atoms with Crippen LogP contribution in [-0.4, -0.2) is 63.7 Å². The largest absolute Gasteiger partial charge is 0.379 e. The van der Waals surface area contributed by atoms with Gasteiger partial charge in [-0.3, -0.25) is 4.90 Å². The fourth-order valence-electron chi connectivity index (χ4n) is 3.09. The Morgan fingerprint density at radius 3 is 2.88 bits per heavy atom. The number of hydrogen-bond donors (Lipinski definition) is 1. The van der Waals surface area contributed by atoms with Crippen molar-refractivity contribution < 1.29 is 4.74 Å². The zero-order chi connectivity index (χ0) is 17.2. The normalized spacial score (nSPS) is 16.3. The molecule has 0 unspecified atom stereocenters. The van der Waals surface area contributed by atoms with Gasteiger partial charge in [-0.25, -0.2) is 4.98 Å². The van der Waals surface area contributed by atoms with Gasteiger partial charge in [0.2, 0.25) is 5.16 Å². The third kappa shape index (κ3) is 3.63. The monoisotopic (exact) mass is 357 g/mol. The molecule has 6 nitrogen and oxygen atoms in total. The molecular weight excluding hydrogens is 334 g/mol. The zero-order valence-corrected chi connectivity index (χ0v) is 15.5. The maximum absolute atomic E-state index is 5.38. The van der Waals surface area contributed by atoms with Crippen LogP contribution in [0.3, 0.4) is 0 Å². The van der Waals surface area contributed by atoms with E-state index in [0.29, 0.717) is 5.92 Å². The van der Waals surface area contributed by atoms with Crippen molar-refractivity contribution in [3.05, 3.63) is 23.8 Å². The quantitative estimate of drug-likeness (QED) is 0.708. The average Bonchev–Trinajstić information content (AvgIpc) is 2.99. The SMILES string of the molecule is CC(C)c1ccc2[nH]c3nc(SCCN4CCOCC4)nnc3c2c1. The van der Waals surface area contributed by atoms with Crippen molar-refractivity contribution in [2.75, 3.05) is 38.6 Å². The van der Waals surface area contributed by atoms with E-state index < -0.39 is 0 Å². The summed E-state index contributed by atoms with van der Waals surface area (Å²) in [5.41, 5.74) is 4.05. The lowest BCUT2D eigenvalue weighted by Gasteiger charge is -2.26. The summed E-state index contributed by atoms with van der Waals surface area (Å²) in [6.07, 6.45) is 0. The summed E-state index contributed by atoms with van der Waals surface area (Å²) < 4.78 is 5.38. The number of aromatic amines is 1. The Kier molecular flexibility index (Phi) is 4.87. The topological polar surface area (TPSA) is 66.9 Å². The summed E-state index contributed by atoms with van der Waals surface area (Å²) in [7, 11) is 0. The predicted molar refractivity (Wildman–Crippen MR) is 101 cm³/mol. The molecule has 1 aromatic carbocycles. The van der Waals surface area contributed by atoms with Crippen molar-refractivity contribution in [2.24, 2.45) is 0 Å². The number of ether oxygens (including phenoxy) is 1. The van der Waals surface area contributed by atoms with Gasteiger partial charge in [0.15, 0.2) is 5.65 Å². The van der Waals surface area contributed by atoms with Gasteiger partial charge in [0, 0.05) is 36.3 Å². The first kappa shape index (κ1) is 16.8. The highest BCUT2D eigenvalue weighted by atomic mass is 32.2. The number of benzene rings is 1. The average molecular weight is 357 g/mol. The molecule has 0 saturated carbocycles. The molecule has 132 valence electrons. The van der Waals surface area contributed by atoms with E-state index in [1.807, 2.05) is 0 Å². The van der Waals surface area contributed by atoms with Gasteiger partial charge in [0.1, 0.15) is 5.52 Å². The van der Waals surface area contributed by atoms with Gasteiger partial charge in [0.25, 0.3) is 0 Å². The molecule has 1 fully saturated rings. The highest BCUT2D eigenvalue weighted by Crippen LogP contribution is 2.27. The molecule has 25 heavy (non-hydrogen) atoms. The van der Waals surface area contributed by atoms with Crippen LogP contribution in [0.2, 0.25) is 0 Å².